The number of carboxylic acids is 1. The number of carboxylic acid groups (broad SMARTS) is 1. The van der Waals surface area contributed by atoms with E-state index in [4.69, 9.17) is 26.4 Å². The predicted molar refractivity (Wildman–Crippen MR) is 76.9 cm³/mol. The first kappa shape index (κ1) is 18.7. The Balaban J connectivity index is 3.28. The topological polar surface area (TPSA) is 201 Å². The maximum Gasteiger partial charge on any atom is 0.370 e. The molecule has 1 heterocycles. The molecule has 0 spiro atoms. The summed E-state index contributed by atoms with van der Waals surface area (Å²) < 4.78 is 5.13. The molecule has 9 N–H and O–H groups in total. The van der Waals surface area contributed by atoms with Crippen molar-refractivity contribution in [2.75, 3.05) is 6.61 Å². The number of hydrogen-bond donors (Lipinski definition) is 7. The lowest BCUT2D eigenvalue weighted by Gasteiger charge is -2.38. The number of carbonyl (C=O) groups excluding carboxylic acids is 1. The molecule has 0 unspecified atom stereocenters. The second-order valence-electron chi connectivity index (χ2n) is 4.93. The molecule has 5 atom stereocenters. The molecule has 1 aliphatic heterocycles. The van der Waals surface area contributed by atoms with Crippen molar-refractivity contribution in [1.82, 2.24) is 5.32 Å². The molecule has 0 radical (unpaired) electrons. The first-order chi connectivity index (χ1) is 10.7. The molecule has 1 amide bonds. The monoisotopic (exact) mass is 335 g/mol. The summed E-state index contributed by atoms with van der Waals surface area (Å²) in [6.07, 6.45) is -3.65. The number of nitrogens with zero attached hydrogens (tertiary/aromatic N) is 1. The van der Waals surface area contributed by atoms with Crippen LogP contribution in [-0.2, 0) is 14.3 Å². The van der Waals surface area contributed by atoms with Crippen molar-refractivity contribution in [3.63, 3.8) is 0 Å². The van der Waals surface area contributed by atoms with Crippen LogP contribution in [0.4, 0.5) is 0 Å². The van der Waals surface area contributed by atoms with E-state index in [1.165, 1.54) is 6.92 Å². The van der Waals surface area contributed by atoms with Gasteiger partial charge in [-0.15, -0.1) is 0 Å². The Morgan fingerprint density at radius 3 is 2.48 bits per heavy atom. The minimum Gasteiger partial charge on any atom is -0.478 e. The molecular formula is C12H20N4O7. The van der Waals surface area contributed by atoms with Crippen LogP contribution in [-0.4, -0.2) is 75.3 Å². The van der Waals surface area contributed by atoms with Crippen LogP contribution in [0.2, 0.25) is 0 Å². The number of guanidine groups is 1. The summed E-state index contributed by atoms with van der Waals surface area (Å²) in [5.74, 6) is -2.89. The normalized spacial score (nSPS) is 26.3. The van der Waals surface area contributed by atoms with Gasteiger partial charge in [-0.3, -0.25) is 4.79 Å². The summed E-state index contributed by atoms with van der Waals surface area (Å²) in [6, 6.07) is -2.11. The van der Waals surface area contributed by atoms with Gasteiger partial charge in [0.25, 0.3) is 0 Å². The highest BCUT2D eigenvalue weighted by Gasteiger charge is 2.43. The Labute approximate surface area is 131 Å². The van der Waals surface area contributed by atoms with E-state index >= 15 is 0 Å². The van der Waals surface area contributed by atoms with E-state index in [2.05, 4.69) is 10.3 Å². The molecule has 0 aromatic heterocycles. The third kappa shape index (κ3) is 4.81. The number of aliphatic carboxylic acids is 1. The Morgan fingerprint density at radius 2 is 2.04 bits per heavy atom. The SMILES string of the molecule is CC(=O)N[C@@H]1[C@@H]([C@@H](O)[C@@H](O)CO)OC(C(=O)O)=C[C@H]1N=[13C]([15NH2])[15NH2]. The third-order valence-corrected chi connectivity index (χ3v) is 3.10. The Bertz CT molecular complexity index is 518. The summed E-state index contributed by atoms with van der Waals surface area (Å²) in [4.78, 5) is 26.3. The molecule has 11 nitrogen and oxygen atoms in total. The van der Waals surface area contributed by atoms with Crippen LogP contribution in [0.25, 0.3) is 0 Å². The number of nitrogens with two attached hydrogens (primary N) is 2. The van der Waals surface area contributed by atoms with Crippen LogP contribution in [0.1, 0.15) is 6.92 Å². The Kier molecular flexibility index (Phi) is 6.30. The van der Waals surface area contributed by atoms with Crippen molar-refractivity contribution in [3.05, 3.63) is 11.8 Å². The molecule has 130 valence electrons. The fraction of sp³-hybridized carbons (Fsp3) is 0.583. The number of rotatable bonds is 6. The summed E-state index contributed by atoms with van der Waals surface area (Å²) in [5.41, 5.74) is 10.6. The van der Waals surface area contributed by atoms with Gasteiger partial charge in [0.05, 0.1) is 18.7 Å². The van der Waals surface area contributed by atoms with Gasteiger partial charge in [0.1, 0.15) is 18.3 Å². The zero-order valence-corrected chi connectivity index (χ0v) is 12.3. The van der Waals surface area contributed by atoms with Crippen molar-refractivity contribution in [1.29, 1.82) is 0 Å². The minimum atomic E-state index is -1.70. The molecule has 11 heteroatoms. The number of ether oxygens (including phenoxy) is 1. The van der Waals surface area contributed by atoms with Crippen LogP contribution < -0.4 is 16.8 Å². The van der Waals surface area contributed by atoms with E-state index in [-0.39, 0.29) is 5.96 Å². The Hall–Kier alpha value is -2.37. The Morgan fingerprint density at radius 1 is 1.43 bits per heavy atom. The quantitative estimate of drug-likeness (QED) is 0.110. The largest absolute Gasteiger partial charge is 0.478 e. The smallest absolute Gasteiger partial charge is 0.370 e. The van der Waals surface area contributed by atoms with E-state index in [1.54, 1.807) is 0 Å². The van der Waals surface area contributed by atoms with Gasteiger partial charge in [0.2, 0.25) is 11.7 Å². The molecule has 1 rings (SSSR count). The van der Waals surface area contributed by atoms with Crippen molar-refractivity contribution >= 4 is 17.8 Å². The third-order valence-electron chi connectivity index (χ3n) is 3.10. The second-order valence-corrected chi connectivity index (χ2v) is 4.93. The molecule has 0 saturated carbocycles. The number of aliphatic imine (C=N–C) groups is 1. The minimum absolute atomic E-state index is 0.371. The highest BCUT2D eigenvalue weighted by atomic mass is 16.5. The highest BCUT2D eigenvalue weighted by molar-refractivity contribution is 5.85. The summed E-state index contributed by atoms with van der Waals surface area (Å²) in [6.45, 7) is 0.391. The van der Waals surface area contributed by atoms with Gasteiger partial charge in [-0.05, 0) is 6.08 Å². The van der Waals surface area contributed by atoms with E-state index < -0.39 is 54.6 Å². The summed E-state index contributed by atoms with van der Waals surface area (Å²) in [5, 5.41) is 40.1. The second kappa shape index (κ2) is 7.76. The van der Waals surface area contributed by atoms with Crippen molar-refractivity contribution in [2.24, 2.45) is 16.5 Å². The van der Waals surface area contributed by atoms with Gasteiger partial charge in [-0.25, -0.2) is 9.79 Å². The first-order valence-electron chi connectivity index (χ1n) is 6.62. The van der Waals surface area contributed by atoms with Crippen LogP contribution in [0.15, 0.2) is 16.8 Å². The van der Waals surface area contributed by atoms with E-state index in [1.807, 2.05) is 0 Å². The maximum absolute atomic E-state index is 11.4. The molecule has 23 heavy (non-hydrogen) atoms. The van der Waals surface area contributed by atoms with E-state index in [0.717, 1.165) is 6.08 Å². The van der Waals surface area contributed by atoms with Gasteiger partial charge >= 0.3 is 5.97 Å². The molecule has 0 saturated heterocycles. The van der Waals surface area contributed by atoms with Crippen molar-refractivity contribution < 1.29 is 34.8 Å². The zero-order chi connectivity index (χ0) is 17.7. The molecule has 1 aliphatic rings. The van der Waals surface area contributed by atoms with E-state index in [0.29, 0.717) is 0 Å². The van der Waals surface area contributed by atoms with Gasteiger partial charge in [0, 0.05) is 6.92 Å². The van der Waals surface area contributed by atoms with Crippen LogP contribution >= 0.6 is 0 Å². The van der Waals surface area contributed by atoms with Crippen LogP contribution in [0.3, 0.4) is 0 Å². The molecule has 0 aromatic carbocycles. The van der Waals surface area contributed by atoms with Gasteiger partial charge in [0.15, 0.2) is 5.96 Å². The molecule has 0 aliphatic carbocycles. The average Bonchev–Trinajstić information content (AvgIpc) is 2.45. The molecule has 0 aromatic rings. The maximum atomic E-state index is 11.4. The fourth-order valence-electron chi connectivity index (χ4n) is 2.14. The standard InChI is InChI=1S/C12H20N4O7/c1-4(18)15-8-5(16-12(13)14)2-7(11(21)22)23-10(8)9(20)6(19)3-17/h2,5-6,8-10,17,19-20H,3H2,1H3,(H,15,18)(H,21,22)(H4,13,14,16)/t5-,6+,8+,9+,10+/m1/s1/i12+1,13+1,14+1. The molecule has 0 bridgehead atoms. The number of carbonyl (C=O) groups is 2. The van der Waals surface area contributed by atoms with Crippen molar-refractivity contribution in [3.8, 4) is 0 Å². The summed E-state index contributed by atoms with van der Waals surface area (Å²) >= 11 is 0. The lowest BCUT2D eigenvalue weighted by atomic mass is 9.92. The highest BCUT2D eigenvalue weighted by Crippen LogP contribution is 2.24. The van der Waals surface area contributed by atoms with E-state index in [9.17, 15) is 19.8 Å². The predicted octanol–water partition coefficient (Wildman–Crippen LogP) is -3.79. The number of aliphatic hydroxyl groups excluding tert-OH is 3. The fourth-order valence-corrected chi connectivity index (χ4v) is 2.14. The van der Waals surface area contributed by atoms with Crippen LogP contribution in [0, 0.1) is 0 Å². The average molecular weight is 335 g/mol. The van der Waals surface area contributed by atoms with Gasteiger partial charge < -0.3 is 41.9 Å². The van der Waals surface area contributed by atoms with Gasteiger partial charge in [-0.1, -0.05) is 0 Å². The number of amides is 1. The lowest BCUT2D eigenvalue weighted by molar-refractivity contribution is -0.145. The summed E-state index contributed by atoms with van der Waals surface area (Å²) in [7, 11) is 0. The van der Waals surface area contributed by atoms with Gasteiger partial charge in [-0.2, -0.15) is 0 Å². The lowest BCUT2D eigenvalue weighted by Crippen LogP contribution is -2.59. The first-order valence-corrected chi connectivity index (χ1v) is 6.62. The van der Waals surface area contributed by atoms with Crippen LogP contribution in [0.5, 0.6) is 0 Å². The number of nitrogens with one attached hydrogen (secondary N) is 1. The molecular weight excluding hydrogens is 315 g/mol. The zero-order valence-electron chi connectivity index (χ0n) is 12.3. The number of hydrogen-bond acceptors (Lipinski definition) is 7. The number of aliphatic hydroxyl groups is 3. The van der Waals surface area contributed by atoms with Crippen molar-refractivity contribution in [2.45, 2.75) is 37.3 Å². The molecule has 0 fully saturated rings.